The molecule has 2 atom stereocenters. The van der Waals surface area contributed by atoms with Crippen molar-refractivity contribution in [2.45, 2.75) is 58.7 Å². The third kappa shape index (κ3) is 8.33. The van der Waals surface area contributed by atoms with Crippen LogP contribution in [-0.2, 0) is 19.1 Å². The zero-order valence-electron chi connectivity index (χ0n) is 15.1. The zero-order chi connectivity index (χ0) is 21.7. The Morgan fingerprint density at radius 3 is 2.21 bits per heavy atom. The van der Waals surface area contributed by atoms with Crippen LogP contribution in [0.25, 0.3) is 0 Å². The molecule has 1 aliphatic heterocycles. The van der Waals surface area contributed by atoms with E-state index in [1.807, 2.05) is 0 Å². The molecule has 12 heteroatoms. The average molecular weight is 517 g/mol. The van der Waals surface area contributed by atoms with Gasteiger partial charge in [-0.2, -0.15) is 0 Å². The molecule has 0 fully saturated rings. The fraction of sp³-hybridized carbons (Fsp3) is 0.688. The molecule has 0 spiro atoms. The van der Waals surface area contributed by atoms with E-state index in [1.165, 1.54) is 13.2 Å². The molecule has 0 aliphatic carbocycles. The van der Waals surface area contributed by atoms with Crippen molar-refractivity contribution in [3.8, 4) is 0 Å². The van der Waals surface area contributed by atoms with E-state index in [2.05, 4.69) is 5.32 Å². The van der Waals surface area contributed by atoms with Gasteiger partial charge in [-0.25, -0.2) is 0 Å². The molecule has 0 radical (unpaired) electrons. The highest BCUT2D eigenvalue weighted by molar-refractivity contribution is 6.67. The molecule has 1 aliphatic rings. The molecule has 0 aromatic rings. The van der Waals surface area contributed by atoms with Crippen LogP contribution in [0.3, 0.4) is 0 Å². The Morgan fingerprint density at radius 1 is 1.18 bits per heavy atom. The number of ether oxygens (including phenoxy) is 1. The maximum atomic E-state index is 13.1. The molecular weight excluding hydrogens is 497 g/mol. The van der Waals surface area contributed by atoms with Crippen molar-refractivity contribution < 1.29 is 19.1 Å². The highest BCUT2D eigenvalue weighted by atomic mass is 35.6. The first kappa shape index (κ1) is 25.9. The number of hydrogen-bond acceptors (Lipinski definition) is 4. The Balaban J connectivity index is 3.07. The van der Waals surface area contributed by atoms with Crippen LogP contribution in [0.1, 0.15) is 39.0 Å². The number of carbonyl (C=O) groups excluding carboxylic acids is 3. The van der Waals surface area contributed by atoms with Gasteiger partial charge in [-0.3, -0.25) is 19.3 Å². The fourth-order valence-corrected chi connectivity index (χ4v) is 3.28. The number of imide groups is 1. The summed E-state index contributed by atoms with van der Waals surface area (Å²) in [4.78, 5) is 38.4. The first-order valence-corrected chi connectivity index (χ1v) is 10.6. The number of carbonyl (C=O) groups is 3. The van der Waals surface area contributed by atoms with Crippen LogP contribution in [0.5, 0.6) is 0 Å². The monoisotopic (exact) mass is 514 g/mol. The molecular formula is C16H20Cl6N2O4. The summed E-state index contributed by atoms with van der Waals surface area (Å²) in [6.45, 7) is 1.63. The van der Waals surface area contributed by atoms with E-state index in [1.54, 1.807) is 6.92 Å². The summed E-state index contributed by atoms with van der Waals surface area (Å²) in [5.41, 5.74) is 0. The lowest BCUT2D eigenvalue weighted by molar-refractivity contribution is -0.146. The minimum Gasteiger partial charge on any atom is -0.499 e. The van der Waals surface area contributed by atoms with Crippen molar-refractivity contribution in [1.29, 1.82) is 0 Å². The van der Waals surface area contributed by atoms with E-state index < -0.39 is 31.5 Å². The molecule has 0 aromatic carbocycles. The van der Waals surface area contributed by atoms with Gasteiger partial charge in [-0.1, -0.05) is 76.5 Å². The molecule has 0 bridgehead atoms. The Labute approximate surface area is 193 Å². The van der Waals surface area contributed by atoms with E-state index in [4.69, 9.17) is 74.3 Å². The van der Waals surface area contributed by atoms with Crippen LogP contribution in [0, 0.1) is 0 Å². The van der Waals surface area contributed by atoms with Crippen molar-refractivity contribution >= 4 is 87.3 Å². The van der Waals surface area contributed by atoms with Crippen molar-refractivity contribution in [2.75, 3.05) is 7.11 Å². The van der Waals surface area contributed by atoms with Crippen molar-refractivity contribution in [1.82, 2.24) is 10.2 Å². The fourth-order valence-electron chi connectivity index (χ4n) is 2.63. The summed E-state index contributed by atoms with van der Waals surface area (Å²) in [6, 6.07) is -1.83. The van der Waals surface area contributed by atoms with Gasteiger partial charge in [-0.05, 0) is 25.7 Å². The molecule has 160 valence electrons. The molecule has 0 unspecified atom stereocenters. The topological polar surface area (TPSA) is 75.7 Å². The van der Waals surface area contributed by atoms with Gasteiger partial charge in [-0.15, -0.1) is 0 Å². The number of rotatable bonds is 8. The largest absolute Gasteiger partial charge is 0.499 e. The summed E-state index contributed by atoms with van der Waals surface area (Å²) in [6.07, 6.45) is 1.57. The second-order valence-corrected chi connectivity index (χ2v) is 11.1. The molecule has 0 aromatic heterocycles. The highest BCUT2D eigenvalue weighted by Gasteiger charge is 2.42. The Kier molecular flexibility index (Phi) is 9.98. The lowest BCUT2D eigenvalue weighted by Gasteiger charge is -2.30. The van der Waals surface area contributed by atoms with Gasteiger partial charge >= 0.3 is 0 Å². The molecule has 1 N–H and O–H groups in total. The molecule has 0 saturated heterocycles. The maximum absolute atomic E-state index is 13.1. The lowest BCUT2D eigenvalue weighted by Crippen LogP contribution is -2.52. The van der Waals surface area contributed by atoms with Crippen molar-refractivity contribution in [3.05, 3.63) is 11.8 Å². The van der Waals surface area contributed by atoms with Gasteiger partial charge in [0.15, 0.2) is 7.59 Å². The van der Waals surface area contributed by atoms with Crippen molar-refractivity contribution in [3.63, 3.8) is 0 Å². The molecule has 28 heavy (non-hydrogen) atoms. The molecule has 1 heterocycles. The molecule has 6 nitrogen and oxygen atoms in total. The minimum atomic E-state index is -1.62. The van der Waals surface area contributed by atoms with Crippen LogP contribution < -0.4 is 5.32 Å². The summed E-state index contributed by atoms with van der Waals surface area (Å²) < 4.78 is 2.02. The van der Waals surface area contributed by atoms with Crippen LogP contribution in [0.15, 0.2) is 11.8 Å². The number of amides is 3. The van der Waals surface area contributed by atoms with E-state index in [0.29, 0.717) is 0 Å². The van der Waals surface area contributed by atoms with Crippen LogP contribution in [0.2, 0.25) is 0 Å². The van der Waals surface area contributed by atoms with Gasteiger partial charge in [0, 0.05) is 12.5 Å². The number of alkyl halides is 6. The summed E-state index contributed by atoms with van der Waals surface area (Å²) >= 11 is 34.7. The Bertz CT molecular complexity index is 630. The Hall–Kier alpha value is -0.110. The maximum Gasteiger partial charge on any atom is 0.257 e. The summed E-state index contributed by atoms with van der Waals surface area (Å²) in [5.74, 6) is -1.37. The number of methoxy groups -OCH3 is 1. The first-order chi connectivity index (χ1) is 12.8. The van der Waals surface area contributed by atoms with Gasteiger partial charge in [0.2, 0.25) is 5.91 Å². The van der Waals surface area contributed by atoms with E-state index in [9.17, 15) is 14.4 Å². The van der Waals surface area contributed by atoms with E-state index >= 15 is 0 Å². The van der Waals surface area contributed by atoms with Gasteiger partial charge in [0.05, 0.1) is 13.2 Å². The SMILES string of the molecule is CCC(=O)N[C@@H](CCC(Cl)(Cl)Cl)C(=O)N1C(=O)C=C(OC)[C@@H]1CCC(Cl)(Cl)Cl. The number of hydrogen-bond donors (Lipinski definition) is 1. The predicted octanol–water partition coefficient (Wildman–Crippen LogP) is 4.45. The van der Waals surface area contributed by atoms with E-state index in [-0.39, 0.29) is 43.8 Å². The van der Waals surface area contributed by atoms with Gasteiger partial charge in [0.1, 0.15) is 11.8 Å². The normalized spacial score (nSPS) is 18.7. The van der Waals surface area contributed by atoms with Crippen molar-refractivity contribution in [2.24, 2.45) is 0 Å². The summed E-state index contributed by atoms with van der Waals surface area (Å²) in [5, 5.41) is 2.56. The third-order valence-electron chi connectivity index (χ3n) is 3.99. The Morgan fingerprint density at radius 2 is 1.75 bits per heavy atom. The predicted molar refractivity (Wildman–Crippen MR) is 112 cm³/mol. The summed E-state index contributed by atoms with van der Waals surface area (Å²) in [7, 11) is 1.37. The highest BCUT2D eigenvalue weighted by Crippen LogP contribution is 2.36. The number of nitrogens with zero attached hydrogens (tertiary/aromatic N) is 1. The smallest absolute Gasteiger partial charge is 0.257 e. The van der Waals surface area contributed by atoms with Crippen LogP contribution in [-0.4, -0.2) is 49.4 Å². The second-order valence-electron chi connectivity index (χ2n) is 6.09. The molecule has 0 saturated carbocycles. The average Bonchev–Trinajstić information content (AvgIpc) is 2.89. The minimum absolute atomic E-state index is 0.0104. The van der Waals surface area contributed by atoms with E-state index in [0.717, 1.165) is 4.90 Å². The first-order valence-electron chi connectivity index (χ1n) is 8.34. The van der Waals surface area contributed by atoms with Gasteiger partial charge in [0.25, 0.3) is 11.8 Å². The quantitative estimate of drug-likeness (QED) is 0.484. The lowest BCUT2D eigenvalue weighted by atomic mass is 10.1. The standard InChI is InChI=1S/C16H20Cl6N2O4/c1-3-12(25)23-9(4-6-15(17,18)19)14(27)24-10(5-7-16(20,21)22)11(28-2)8-13(24)26/h8-10H,3-7H2,1-2H3,(H,23,25)/t9-,10-/m0/s1. The van der Waals surface area contributed by atoms with Gasteiger partial charge < -0.3 is 10.1 Å². The van der Waals surface area contributed by atoms with Crippen LogP contribution >= 0.6 is 69.6 Å². The third-order valence-corrected chi connectivity index (χ3v) is 5.12. The molecule has 1 rings (SSSR count). The second kappa shape index (κ2) is 10.8. The zero-order valence-corrected chi connectivity index (χ0v) is 19.7. The molecule has 3 amide bonds. The van der Waals surface area contributed by atoms with Crippen LogP contribution in [0.4, 0.5) is 0 Å². The number of nitrogens with one attached hydrogen (secondary N) is 1. The number of halogens is 6.